The van der Waals surface area contributed by atoms with E-state index in [0.717, 1.165) is 12.0 Å². The summed E-state index contributed by atoms with van der Waals surface area (Å²) in [5, 5.41) is 0. The zero-order chi connectivity index (χ0) is 22.3. The molecule has 0 aromatic heterocycles. The van der Waals surface area contributed by atoms with Crippen molar-refractivity contribution in [3.8, 4) is 11.5 Å². The zero-order valence-electron chi connectivity index (χ0n) is 19.0. The van der Waals surface area contributed by atoms with Crippen LogP contribution in [0.25, 0.3) is 0 Å². The van der Waals surface area contributed by atoms with Crippen molar-refractivity contribution in [1.82, 2.24) is 0 Å². The van der Waals surface area contributed by atoms with Crippen molar-refractivity contribution < 1.29 is 13.6 Å². The van der Waals surface area contributed by atoms with Gasteiger partial charge in [-0.1, -0.05) is 79.6 Å². The van der Waals surface area contributed by atoms with Gasteiger partial charge in [-0.2, -0.15) is 0 Å². The Balaban J connectivity index is 1.78. The maximum atomic E-state index is 13.6. The predicted octanol–water partition coefficient (Wildman–Crippen LogP) is 8.37. The summed E-state index contributed by atoms with van der Waals surface area (Å²) >= 11 is 0. The lowest BCUT2D eigenvalue weighted by Gasteiger charge is -2.33. The molecule has 2 aromatic carbocycles. The van der Waals surface area contributed by atoms with Crippen LogP contribution in [0, 0.1) is 5.41 Å². The second-order valence-corrected chi connectivity index (χ2v) is 10.8. The summed E-state index contributed by atoms with van der Waals surface area (Å²) in [6.07, 6.45) is 10.1. The van der Waals surface area contributed by atoms with Gasteiger partial charge in [0.25, 0.3) is 0 Å². The van der Waals surface area contributed by atoms with E-state index in [2.05, 4.69) is 32.9 Å². The Hall–Kier alpha value is -2.51. The van der Waals surface area contributed by atoms with E-state index in [-0.39, 0.29) is 11.6 Å². The van der Waals surface area contributed by atoms with E-state index < -0.39 is 7.60 Å². The maximum Gasteiger partial charge on any atom is 0.434 e. The molecule has 0 fully saturated rings. The summed E-state index contributed by atoms with van der Waals surface area (Å²) in [5.74, 6) is 1.07. The summed E-state index contributed by atoms with van der Waals surface area (Å²) < 4.78 is 25.3. The smallest absolute Gasteiger partial charge is 0.416 e. The number of rotatable bonds is 8. The average molecular weight is 437 g/mol. The minimum absolute atomic E-state index is 0.189. The lowest BCUT2D eigenvalue weighted by Crippen LogP contribution is -2.19. The normalized spacial score (nSPS) is 17.1. The number of hydrogen-bond donors (Lipinski definition) is 0. The third kappa shape index (κ3) is 6.74. The largest absolute Gasteiger partial charge is 0.434 e. The number of para-hydroxylation sites is 2. The molecule has 0 radical (unpaired) electrons. The molecular formula is C27H33O3P. The van der Waals surface area contributed by atoms with Crippen molar-refractivity contribution in [2.45, 2.75) is 47.0 Å². The average Bonchev–Trinajstić information content (AvgIpc) is 2.73. The van der Waals surface area contributed by atoms with Crippen molar-refractivity contribution in [3.63, 3.8) is 0 Å². The first-order chi connectivity index (χ1) is 14.8. The molecule has 0 heterocycles. The first-order valence-electron chi connectivity index (χ1n) is 10.9. The molecule has 0 N–H and O–H groups in total. The van der Waals surface area contributed by atoms with Gasteiger partial charge in [-0.3, -0.25) is 0 Å². The molecule has 0 bridgehead atoms. The van der Waals surface area contributed by atoms with Crippen LogP contribution < -0.4 is 9.05 Å². The van der Waals surface area contributed by atoms with Gasteiger partial charge in [0.1, 0.15) is 11.5 Å². The molecule has 0 unspecified atom stereocenters. The third-order valence-corrected chi connectivity index (χ3v) is 7.28. The Morgan fingerprint density at radius 2 is 1.55 bits per heavy atom. The molecule has 31 heavy (non-hydrogen) atoms. The van der Waals surface area contributed by atoms with Crippen molar-refractivity contribution in [1.29, 1.82) is 0 Å². The summed E-state index contributed by atoms with van der Waals surface area (Å²) in [6.45, 7) is 8.88. The zero-order valence-corrected chi connectivity index (χ0v) is 19.9. The molecule has 0 saturated carbocycles. The highest BCUT2D eigenvalue weighted by molar-refractivity contribution is 7.54. The summed E-state index contributed by atoms with van der Waals surface area (Å²) in [7, 11) is -3.43. The van der Waals surface area contributed by atoms with Gasteiger partial charge in [0.2, 0.25) is 0 Å². The Morgan fingerprint density at radius 3 is 2.06 bits per heavy atom. The molecule has 0 spiro atoms. The summed E-state index contributed by atoms with van der Waals surface area (Å²) in [6, 6.07) is 18.4. The van der Waals surface area contributed by atoms with E-state index in [1.54, 1.807) is 24.3 Å². The van der Waals surface area contributed by atoms with Crippen LogP contribution in [0.5, 0.6) is 11.5 Å². The van der Waals surface area contributed by atoms with Crippen molar-refractivity contribution in [3.05, 3.63) is 95.6 Å². The van der Waals surface area contributed by atoms with Gasteiger partial charge >= 0.3 is 7.60 Å². The number of hydrogen-bond acceptors (Lipinski definition) is 3. The van der Waals surface area contributed by atoms with Crippen LogP contribution in [0.4, 0.5) is 0 Å². The molecule has 0 saturated heterocycles. The van der Waals surface area contributed by atoms with E-state index in [0.29, 0.717) is 11.5 Å². The van der Waals surface area contributed by atoms with E-state index in [4.69, 9.17) is 9.05 Å². The van der Waals surface area contributed by atoms with Crippen LogP contribution in [0.1, 0.15) is 47.0 Å². The summed E-state index contributed by atoms with van der Waals surface area (Å²) in [4.78, 5) is 0. The van der Waals surface area contributed by atoms with Crippen molar-refractivity contribution in [2.24, 2.45) is 5.41 Å². The van der Waals surface area contributed by atoms with E-state index in [1.807, 2.05) is 49.4 Å². The molecule has 0 aliphatic heterocycles. The van der Waals surface area contributed by atoms with Crippen LogP contribution in [0.15, 0.2) is 95.6 Å². The monoisotopic (exact) mass is 436 g/mol. The lowest BCUT2D eigenvalue weighted by atomic mass is 9.72. The van der Waals surface area contributed by atoms with Gasteiger partial charge < -0.3 is 9.05 Å². The standard InChI is InChI=1S/C27H33O3P/c1-22(17-18-26-23(2)12-11-20-27(26,3)4)19-21-31(28,29-24-13-7-5-8-14-24)30-25-15-9-6-10-16-25/h5-10,13-19H,11-12,20-21H2,1-4H3. The lowest BCUT2D eigenvalue weighted by molar-refractivity contribution is 0.376. The fourth-order valence-corrected chi connectivity index (χ4v) is 5.51. The molecule has 164 valence electrons. The van der Waals surface area contributed by atoms with Crippen LogP contribution in [0.2, 0.25) is 0 Å². The van der Waals surface area contributed by atoms with E-state index >= 15 is 0 Å². The predicted molar refractivity (Wildman–Crippen MR) is 130 cm³/mol. The van der Waals surface area contributed by atoms with Crippen LogP contribution >= 0.6 is 7.60 Å². The topological polar surface area (TPSA) is 35.5 Å². The molecule has 1 aliphatic rings. The Morgan fingerprint density at radius 1 is 1.00 bits per heavy atom. The highest BCUT2D eigenvalue weighted by atomic mass is 31.2. The molecular weight excluding hydrogens is 403 g/mol. The molecule has 3 rings (SSSR count). The first-order valence-corrected chi connectivity index (χ1v) is 12.6. The van der Waals surface area contributed by atoms with E-state index in [1.165, 1.54) is 24.0 Å². The second kappa shape index (κ2) is 10.2. The second-order valence-electron chi connectivity index (χ2n) is 8.82. The van der Waals surface area contributed by atoms with Crippen LogP contribution in [-0.4, -0.2) is 6.16 Å². The van der Waals surface area contributed by atoms with Gasteiger partial charge in [0, 0.05) is 0 Å². The van der Waals surface area contributed by atoms with Gasteiger partial charge in [-0.05, 0) is 68.4 Å². The van der Waals surface area contributed by atoms with Crippen molar-refractivity contribution >= 4 is 7.60 Å². The van der Waals surface area contributed by atoms with Gasteiger partial charge in [0.15, 0.2) is 0 Å². The Labute approximate surface area is 187 Å². The third-order valence-electron chi connectivity index (χ3n) is 5.67. The van der Waals surface area contributed by atoms with Gasteiger partial charge in [0.05, 0.1) is 6.16 Å². The fraction of sp³-hybridized carbons (Fsp3) is 0.333. The molecule has 0 amide bonds. The number of allylic oxidation sites excluding steroid dienone is 6. The number of benzene rings is 2. The highest BCUT2D eigenvalue weighted by Crippen LogP contribution is 2.48. The fourth-order valence-electron chi connectivity index (χ4n) is 3.93. The van der Waals surface area contributed by atoms with E-state index in [9.17, 15) is 4.57 Å². The van der Waals surface area contributed by atoms with Crippen LogP contribution in [0.3, 0.4) is 0 Å². The van der Waals surface area contributed by atoms with Gasteiger partial charge in [-0.25, -0.2) is 4.57 Å². The first kappa shape index (κ1) is 23.2. The van der Waals surface area contributed by atoms with Crippen LogP contribution in [-0.2, 0) is 4.57 Å². The maximum absolute atomic E-state index is 13.6. The molecule has 1 aliphatic carbocycles. The minimum atomic E-state index is -3.43. The van der Waals surface area contributed by atoms with Crippen molar-refractivity contribution in [2.75, 3.05) is 6.16 Å². The minimum Gasteiger partial charge on any atom is -0.416 e. The SMILES string of the molecule is CC(C=CC1=C(C)CCCC1(C)C)=CCP(=O)(Oc1ccccc1)Oc1ccccc1. The Bertz CT molecular complexity index is 956. The summed E-state index contributed by atoms with van der Waals surface area (Å²) in [5.41, 5.74) is 4.11. The molecule has 2 aromatic rings. The quantitative estimate of drug-likeness (QED) is 0.308. The van der Waals surface area contributed by atoms with Gasteiger partial charge in [-0.15, -0.1) is 0 Å². The molecule has 0 atom stereocenters. The molecule has 4 heteroatoms. The molecule has 3 nitrogen and oxygen atoms in total. The Kier molecular flexibility index (Phi) is 7.62. The highest BCUT2D eigenvalue weighted by Gasteiger charge is 2.28.